The van der Waals surface area contributed by atoms with Crippen molar-refractivity contribution in [2.75, 3.05) is 11.1 Å². The molecule has 0 bridgehead atoms. The fourth-order valence-electron chi connectivity index (χ4n) is 1.14. The van der Waals surface area contributed by atoms with Gasteiger partial charge in [0.1, 0.15) is 5.82 Å². The smallest absolute Gasteiger partial charge is 0.213 e. The number of pyridine rings is 1. The van der Waals surface area contributed by atoms with Crippen LogP contribution in [0.25, 0.3) is 0 Å². The summed E-state index contributed by atoms with van der Waals surface area (Å²) in [4.78, 5) is 8.12. The Kier molecular flexibility index (Phi) is 2.49. The molecule has 0 saturated carbocycles. The van der Waals surface area contributed by atoms with Crippen molar-refractivity contribution in [3.05, 3.63) is 30.0 Å². The van der Waals surface area contributed by atoms with Gasteiger partial charge in [0.05, 0.1) is 12.2 Å². The maximum atomic E-state index is 5.74. The molecule has 0 radical (unpaired) electrons. The zero-order chi connectivity index (χ0) is 10.7. The Hall–Kier alpha value is -2.11. The van der Waals surface area contributed by atoms with Crippen molar-refractivity contribution >= 4 is 11.5 Å². The van der Waals surface area contributed by atoms with E-state index in [4.69, 9.17) is 5.73 Å². The summed E-state index contributed by atoms with van der Waals surface area (Å²) in [6.45, 7) is 2.34. The zero-order valence-corrected chi connectivity index (χ0v) is 8.27. The number of nitrogen functional groups attached to an aromatic ring is 1. The monoisotopic (exact) mass is 205 g/mol. The molecule has 0 unspecified atom stereocenters. The minimum Gasteiger partial charge on any atom is -0.396 e. The van der Waals surface area contributed by atoms with E-state index in [-0.39, 0.29) is 0 Å². The second-order valence-electron chi connectivity index (χ2n) is 3.09. The second-order valence-corrected chi connectivity index (χ2v) is 3.09. The van der Waals surface area contributed by atoms with E-state index in [0.717, 1.165) is 5.69 Å². The third kappa shape index (κ3) is 2.22. The van der Waals surface area contributed by atoms with Crippen LogP contribution in [0, 0.1) is 6.92 Å². The third-order valence-electron chi connectivity index (χ3n) is 1.89. The molecule has 15 heavy (non-hydrogen) atoms. The number of hydrogen-bond acceptors (Lipinski definition) is 6. The number of nitrogens with one attached hydrogen (secondary N) is 1. The van der Waals surface area contributed by atoms with Gasteiger partial charge in [0.25, 0.3) is 0 Å². The summed E-state index contributed by atoms with van der Waals surface area (Å²) < 4.78 is 4.60. The second kappa shape index (κ2) is 3.95. The molecule has 3 N–H and O–H groups in total. The predicted molar refractivity (Wildman–Crippen MR) is 55.0 cm³/mol. The van der Waals surface area contributed by atoms with Crippen molar-refractivity contribution in [1.29, 1.82) is 0 Å². The summed E-state index contributed by atoms with van der Waals surface area (Å²) in [5.74, 6) is 1.21. The van der Waals surface area contributed by atoms with E-state index in [9.17, 15) is 0 Å². The van der Waals surface area contributed by atoms with Gasteiger partial charge >= 0.3 is 0 Å². The van der Waals surface area contributed by atoms with Crippen LogP contribution in [0.4, 0.5) is 11.5 Å². The first-order valence-electron chi connectivity index (χ1n) is 4.48. The van der Waals surface area contributed by atoms with Gasteiger partial charge in [0.2, 0.25) is 6.39 Å². The number of aryl methyl sites for hydroxylation is 1. The summed E-state index contributed by atoms with van der Waals surface area (Å²) in [5.41, 5.74) is 7.24. The zero-order valence-electron chi connectivity index (χ0n) is 8.27. The van der Waals surface area contributed by atoms with Crippen molar-refractivity contribution in [2.24, 2.45) is 0 Å². The Morgan fingerprint density at radius 2 is 2.33 bits per heavy atom. The quantitative estimate of drug-likeness (QED) is 0.775. The molecule has 0 saturated heterocycles. The molecule has 0 aromatic carbocycles. The molecule has 0 atom stereocenters. The first kappa shape index (κ1) is 9.45. The van der Waals surface area contributed by atoms with Crippen molar-refractivity contribution in [3.63, 3.8) is 0 Å². The van der Waals surface area contributed by atoms with Crippen LogP contribution in [0.5, 0.6) is 0 Å². The van der Waals surface area contributed by atoms with E-state index >= 15 is 0 Å². The number of rotatable bonds is 3. The van der Waals surface area contributed by atoms with Crippen LogP contribution < -0.4 is 11.1 Å². The van der Waals surface area contributed by atoms with E-state index in [2.05, 4.69) is 25.0 Å². The lowest BCUT2D eigenvalue weighted by atomic mass is 10.3. The number of aromatic nitrogens is 3. The summed E-state index contributed by atoms with van der Waals surface area (Å²) in [6, 6.07) is 3.66. The van der Waals surface area contributed by atoms with Crippen molar-refractivity contribution in [1.82, 2.24) is 15.1 Å². The molecule has 0 fully saturated rings. The maximum absolute atomic E-state index is 5.74. The van der Waals surface area contributed by atoms with E-state index in [1.165, 1.54) is 6.39 Å². The molecule has 0 aliphatic rings. The summed E-state index contributed by atoms with van der Waals surface area (Å²) in [6.07, 6.45) is 1.28. The lowest BCUT2D eigenvalue weighted by Crippen LogP contribution is -2.06. The van der Waals surface area contributed by atoms with E-state index in [0.29, 0.717) is 23.9 Å². The van der Waals surface area contributed by atoms with Crippen LogP contribution in [0.1, 0.15) is 11.5 Å². The standard InChI is InChI=1S/C9H11N5O/c1-6-2-3-7(10)9(13-6)11-4-8-12-5-15-14-8/h2-3,5H,4,10H2,1H3,(H,11,13). The topological polar surface area (TPSA) is 89.9 Å². The Labute approximate surface area is 86.5 Å². The Balaban J connectivity index is 2.07. The fourth-order valence-corrected chi connectivity index (χ4v) is 1.14. The molecule has 0 spiro atoms. The largest absolute Gasteiger partial charge is 0.396 e. The normalized spacial score (nSPS) is 10.2. The highest BCUT2D eigenvalue weighted by Gasteiger charge is 2.02. The average molecular weight is 205 g/mol. The van der Waals surface area contributed by atoms with Gasteiger partial charge in [-0.1, -0.05) is 5.16 Å². The van der Waals surface area contributed by atoms with Gasteiger partial charge in [-0.05, 0) is 19.1 Å². The summed E-state index contributed by atoms with van der Waals surface area (Å²) >= 11 is 0. The van der Waals surface area contributed by atoms with Gasteiger partial charge in [-0.25, -0.2) is 4.98 Å². The van der Waals surface area contributed by atoms with Crippen molar-refractivity contribution in [3.8, 4) is 0 Å². The van der Waals surface area contributed by atoms with Crippen LogP contribution in [0.3, 0.4) is 0 Å². The molecule has 6 nitrogen and oxygen atoms in total. The Morgan fingerprint density at radius 1 is 1.47 bits per heavy atom. The molecular weight excluding hydrogens is 194 g/mol. The molecule has 2 aromatic rings. The van der Waals surface area contributed by atoms with Crippen molar-refractivity contribution < 1.29 is 4.52 Å². The highest BCUT2D eigenvalue weighted by Crippen LogP contribution is 2.15. The van der Waals surface area contributed by atoms with Gasteiger partial charge in [0, 0.05) is 5.69 Å². The predicted octanol–water partition coefficient (Wildman–Crippen LogP) is 0.967. The number of nitrogens with zero attached hydrogens (tertiary/aromatic N) is 3. The highest BCUT2D eigenvalue weighted by atomic mass is 16.5. The minimum atomic E-state index is 0.442. The molecule has 2 aromatic heterocycles. The molecule has 0 amide bonds. The van der Waals surface area contributed by atoms with Gasteiger partial charge in [-0.15, -0.1) is 0 Å². The Bertz CT molecular complexity index is 440. The van der Waals surface area contributed by atoms with Crippen LogP contribution in [-0.4, -0.2) is 15.1 Å². The van der Waals surface area contributed by atoms with E-state index < -0.39 is 0 Å². The van der Waals surface area contributed by atoms with Gasteiger partial charge in [0.15, 0.2) is 5.82 Å². The highest BCUT2D eigenvalue weighted by molar-refractivity contribution is 5.61. The van der Waals surface area contributed by atoms with Crippen LogP contribution in [0.2, 0.25) is 0 Å². The number of nitrogens with two attached hydrogens (primary N) is 1. The average Bonchev–Trinajstić information content (AvgIpc) is 2.72. The molecule has 78 valence electrons. The van der Waals surface area contributed by atoms with Crippen LogP contribution in [0.15, 0.2) is 23.0 Å². The summed E-state index contributed by atoms with van der Waals surface area (Å²) in [5, 5.41) is 6.70. The molecule has 2 rings (SSSR count). The molecule has 0 aliphatic carbocycles. The third-order valence-corrected chi connectivity index (χ3v) is 1.89. The molecule has 0 aliphatic heterocycles. The molecular formula is C9H11N5O. The molecule has 2 heterocycles. The van der Waals surface area contributed by atoms with Gasteiger partial charge < -0.3 is 15.6 Å². The van der Waals surface area contributed by atoms with Gasteiger partial charge in [-0.2, -0.15) is 4.98 Å². The molecule has 6 heteroatoms. The lowest BCUT2D eigenvalue weighted by Gasteiger charge is -2.06. The maximum Gasteiger partial charge on any atom is 0.213 e. The SMILES string of the molecule is Cc1ccc(N)c(NCc2ncon2)n1. The Morgan fingerprint density at radius 3 is 3.07 bits per heavy atom. The first-order valence-corrected chi connectivity index (χ1v) is 4.48. The van der Waals surface area contributed by atoms with Crippen LogP contribution in [-0.2, 0) is 6.54 Å². The fraction of sp³-hybridized carbons (Fsp3) is 0.222. The van der Waals surface area contributed by atoms with Gasteiger partial charge in [-0.3, -0.25) is 0 Å². The lowest BCUT2D eigenvalue weighted by molar-refractivity contribution is 0.411. The van der Waals surface area contributed by atoms with E-state index in [1.807, 2.05) is 13.0 Å². The minimum absolute atomic E-state index is 0.442. The number of anilines is 2. The first-order chi connectivity index (χ1) is 7.25. The van der Waals surface area contributed by atoms with Crippen LogP contribution >= 0.6 is 0 Å². The summed E-state index contributed by atoms with van der Waals surface area (Å²) in [7, 11) is 0. The number of hydrogen-bond donors (Lipinski definition) is 2. The van der Waals surface area contributed by atoms with Crippen molar-refractivity contribution in [2.45, 2.75) is 13.5 Å². The van der Waals surface area contributed by atoms with E-state index in [1.54, 1.807) is 6.07 Å².